The summed E-state index contributed by atoms with van der Waals surface area (Å²) >= 11 is 13.4. The molecule has 31 heavy (non-hydrogen) atoms. The topological polar surface area (TPSA) is 6.48 Å². The zero-order valence-electron chi connectivity index (χ0n) is 20.1. The van der Waals surface area contributed by atoms with Crippen LogP contribution in [0.4, 0.5) is 0 Å². The van der Waals surface area contributed by atoms with Crippen LogP contribution in [0.25, 0.3) is 0 Å². The van der Waals surface area contributed by atoms with E-state index in [1.165, 1.54) is 62.9 Å². The van der Waals surface area contributed by atoms with Gasteiger partial charge in [0.25, 0.3) is 0 Å². The maximum Gasteiger partial charge on any atom is 0.147 e. The van der Waals surface area contributed by atoms with Gasteiger partial charge in [-0.2, -0.15) is 11.8 Å². The van der Waals surface area contributed by atoms with Gasteiger partial charge in [0, 0.05) is 49.2 Å². The van der Waals surface area contributed by atoms with Gasteiger partial charge in [0.2, 0.25) is 0 Å². The molecule has 0 spiro atoms. The van der Waals surface area contributed by atoms with E-state index in [2.05, 4.69) is 37.5 Å². The Morgan fingerprint density at radius 2 is 0.871 bits per heavy atom. The van der Waals surface area contributed by atoms with Crippen LogP contribution in [0.15, 0.2) is 0 Å². The van der Waals surface area contributed by atoms with Crippen molar-refractivity contribution >= 4 is 88.0 Å². The fourth-order valence-electron chi connectivity index (χ4n) is 2.56. The molecular formula is C22H44N2S7. The van der Waals surface area contributed by atoms with Crippen LogP contribution < -0.4 is 0 Å². The molecule has 0 bridgehead atoms. The van der Waals surface area contributed by atoms with Crippen LogP contribution in [-0.4, -0.2) is 67.6 Å². The summed E-state index contributed by atoms with van der Waals surface area (Å²) in [4.78, 5) is 4.82. The maximum atomic E-state index is 5.67. The number of nitrogens with zero attached hydrogens (tertiary/aromatic N) is 2. The zero-order chi connectivity index (χ0) is 23.2. The Morgan fingerprint density at radius 3 is 1.16 bits per heavy atom. The molecule has 0 saturated carbocycles. The van der Waals surface area contributed by atoms with E-state index in [0.717, 1.165) is 46.3 Å². The molecule has 0 aromatic carbocycles. The van der Waals surface area contributed by atoms with Crippen molar-refractivity contribution in [1.82, 2.24) is 9.80 Å². The Bertz CT molecular complexity index is 384. The molecular weight excluding hydrogens is 517 g/mol. The summed E-state index contributed by atoms with van der Waals surface area (Å²) in [5.74, 6) is 4.70. The first-order valence-corrected chi connectivity index (χ1v) is 18.5. The Kier molecular flexibility index (Phi) is 25.9. The van der Waals surface area contributed by atoms with Crippen molar-refractivity contribution in [2.24, 2.45) is 0 Å². The van der Waals surface area contributed by atoms with E-state index in [9.17, 15) is 0 Å². The molecule has 0 radical (unpaired) electrons. The molecule has 0 aliphatic rings. The van der Waals surface area contributed by atoms with Gasteiger partial charge in [-0.25, -0.2) is 0 Å². The maximum absolute atomic E-state index is 5.67. The number of thiocarbonyl (C=S) groups is 2. The van der Waals surface area contributed by atoms with Gasteiger partial charge in [-0.15, -0.1) is 0 Å². The number of hydrogen-bond donors (Lipinski definition) is 0. The second kappa shape index (κ2) is 24.6. The van der Waals surface area contributed by atoms with Crippen molar-refractivity contribution in [3.8, 4) is 0 Å². The average Bonchev–Trinajstić information content (AvgIpc) is 2.77. The van der Waals surface area contributed by atoms with Crippen LogP contribution >= 0.6 is 79.4 Å². The molecule has 0 atom stereocenters. The summed E-state index contributed by atoms with van der Waals surface area (Å²) in [5.41, 5.74) is 0. The van der Waals surface area contributed by atoms with Crippen LogP contribution in [0.5, 0.6) is 0 Å². The van der Waals surface area contributed by atoms with E-state index < -0.39 is 0 Å². The van der Waals surface area contributed by atoms with Gasteiger partial charge in [0.1, 0.15) is 8.64 Å². The SMILES string of the molecule is CCCCN(CCCC)C(=S)SSCCSCCSSC(=S)N(CCCC)CCCC. The Balaban J connectivity index is 3.82. The minimum atomic E-state index is 1.08. The van der Waals surface area contributed by atoms with Crippen LogP contribution in [0.2, 0.25) is 0 Å². The first-order chi connectivity index (χ1) is 15.1. The summed E-state index contributed by atoms with van der Waals surface area (Å²) in [5, 5.41) is 0. The lowest BCUT2D eigenvalue weighted by molar-refractivity contribution is 0.411. The highest BCUT2D eigenvalue weighted by Gasteiger charge is 2.11. The average molecular weight is 561 g/mol. The molecule has 0 fully saturated rings. The van der Waals surface area contributed by atoms with Gasteiger partial charge in [-0.1, -0.05) is 99.4 Å². The van der Waals surface area contributed by atoms with Crippen molar-refractivity contribution in [3.05, 3.63) is 0 Å². The van der Waals surface area contributed by atoms with Crippen molar-refractivity contribution in [1.29, 1.82) is 0 Å². The second-order valence-electron chi connectivity index (χ2n) is 7.34. The van der Waals surface area contributed by atoms with Crippen LogP contribution in [0, 0.1) is 0 Å². The number of rotatable bonds is 20. The first kappa shape index (κ1) is 32.5. The minimum absolute atomic E-state index is 1.08. The van der Waals surface area contributed by atoms with Gasteiger partial charge >= 0.3 is 0 Å². The molecule has 0 heterocycles. The summed E-state index contributed by atoms with van der Waals surface area (Å²) in [7, 11) is 7.44. The quantitative estimate of drug-likeness (QED) is 0.0811. The number of hydrogen-bond acceptors (Lipinski definition) is 7. The molecule has 0 N–H and O–H groups in total. The third-order valence-electron chi connectivity index (χ3n) is 4.53. The van der Waals surface area contributed by atoms with E-state index in [4.69, 9.17) is 24.4 Å². The molecule has 2 nitrogen and oxygen atoms in total. The molecule has 0 aromatic rings. The third-order valence-corrected chi connectivity index (χ3v) is 12.1. The summed E-state index contributed by atoms with van der Waals surface area (Å²) in [6, 6.07) is 0. The van der Waals surface area contributed by atoms with Gasteiger partial charge < -0.3 is 9.80 Å². The Labute approximate surface area is 224 Å². The van der Waals surface area contributed by atoms with Gasteiger partial charge in [-0.05, 0) is 47.3 Å². The lowest BCUT2D eigenvalue weighted by atomic mass is 10.3. The molecule has 0 unspecified atom stereocenters. The summed E-state index contributed by atoms with van der Waals surface area (Å²) in [6.07, 6.45) is 9.87. The molecule has 0 rings (SSSR count). The number of thioether (sulfide) groups is 1. The lowest BCUT2D eigenvalue weighted by Crippen LogP contribution is -2.29. The molecule has 9 heteroatoms. The van der Waals surface area contributed by atoms with Crippen molar-refractivity contribution in [2.45, 2.75) is 79.1 Å². The van der Waals surface area contributed by atoms with E-state index in [-0.39, 0.29) is 0 Å². The largest absolute Gasteiger partial charge is 0.357 e. The monoisotopic (exact) mass is 560 g/mol. The first-order valence-electron chi connectivity index (χ1n) is 11.8. The molecule has 0 saturated heterocycles. The van der Waals surface area contributed by atoms with Crippen LogP contribution in [-0.2, 0) is 0 Å². The summed E-state index contributed by atoms with van der Waals surface area (Å²) in [6.45, 7) is 13.5. The normalized spacial score (nSPS) is 11.0. The highest BCUT2D eigenvalue weighted by molar-refractivity contribution is 8.84. The van der Waals surface area contributed by atoms with Gasteiger partial charge in [0.15, 0.2) is 0 Å². The fourth-order valence-corrected chi connectivity index (χ4v) is 9.39. The third kappa shape index (κ3) is 19.5. The standard InChI is InChI=1S/C22H44N2S7/c1-5-9-13-23(14-10-6-2)21(25)30-28-19-17-27-18-20-29-31-22(26)24(15-11-7-3)16-12-8-4/h5-20H2,1-4H3. The van der Waals surface area contributed by atoms with Crippen molar-refractivity contribution < 1.29 is 0 Å². The van der Waals surface area contributed by atoms with Crippen LogP contribution in [0.1, 0.15) is 79.1 Å². The predicted octanol–water partition coefficient (Wildman–Crippen LogP) is 8.86. The summed E-state index contributed by atoms with van der Waals surface area (Å²) < 4.78 is 2.15. The van der Waals surface area contributed by atoms with E-state index >= 15 is 0 Å². The van der Waals surface area contributed by atoms with Crippen LogP contribution in [0.3, 0.4) is 0 Å². The van der Waals surface area contributed by atoms with E-state index in [1.807, 2.05) is 33.3 Å². The highest BCUT2D eigenvalue weighted by Crippen LogP contribution is 2.28. The van der Waals surface area contributed by atoms with E-state index in [1.54, 1.807) is 21.6 Å². The van der Waals surface area contributed by atoms with E-state index in [0.29, 0.717) is 0 Å². The molecule has 184 valence electrons. The van der Waals surface area contributed by atoms with Gasteiger partial charge in [0.05, 0.1) is 0 Å². The predicted molar refractivity (Wildman–Crippen MR) is 165 cm³/mol. The minimum Gasteiger partial charge on any atom is -0.357 e. The fraction of sp³-hybridized carbons (Fsp3) is 0.909. The highest BCUT2D eigenvalue weighted by atomic mass is 33.1. The molecule has 0 aliphatic carbocycles. The molecule has 0 aliphatic heterocycles. The van der Waals surface area contributed by atoms with Crippen molar-refractivity contribution in [2.75, 3.05) is 49.2 Å². The molecule has 0 amide bonds. The molecule has 0 aromatic heterocycles. The second-order valence-corrected chi connectivity index (χ2v) is 14.7. The van der Waals surface area contributed by atoms with Crippen molar-refractivity contribution in [3.63, 3.8) is 0 Å². The Hall–Kier alpha value is 1.53. The Morgan fingerprint density at radius 1 is 0.548 bits per heavy atom. The van der Waals surface area contributed by atoms with Gasteiger partial charge in [-0.3, -0.25) is 0 Å². The number of unbranched alkanes of at least 4 members (excludes halogenated alkanes) is 4. The lowest BCUT2D eigenvalue weighted by Gasteiger charge is -2.24. The zero-order valence-corrected chi connectivity index (χ0v) is 25.8. The smallest absolute Gasteiger partial charge is 0.147 e.